The molecule has 2 rings (SSSR count). The van der Waals surface area contributed by atoms with E-state index >= 15 is 0 Å². The van der Waals surface area contributed by atoms with Crippen molar-refractivity contribution in [1.82, 2.24) is 0 Å². The molecule has 0 bridgehead atoms. The van der Waals surface area contributed by atoms with Crippen LogP contribution in [0.15, 0.2) is 36.0 Å². The number of phenolic OH excluding ortho intramolecular Hbond substituents is 2. The van der Waals surface area contributed by atoms with Crippen LogP contribution in [0.2, 0.25) is 5.02 Å². The van der Waals surface area contributed by atoms with Crippen LogP contribution in [-0.4, -0.2) is 22.3 Å². The number of aldehydes is 1. The molecule has 1 aliphatic carbocycles. The fourth-order valence-electron chi connectivity index (χ4n) is 3.45. The molecule has 3 atom stereocenters. The molecule has 2 N–H and O–H groups in total. The van der Waals surface area contributed by atoms with E-state index in [-0.39, 0.29) is 57.1 Å². The average molecular weight is 403 g/mol. The van der Waals surface area contributed by atoms with Crippen molar-refractivity contribution in [2.45, 2.75) is 41.0 Å². The monoisotopic (exact) mass is 402 g/mol. The van der Waals surface area contributed by atoms with Crippen LogP contribution in [0.25, 0.3) is 0 Å². The summed E-state index contributed by atoms with van der Waals surface area (Å²) in [7, 11) is 0. The van der Waals surface area contributed by atoms with Crippen LogP contribution in [0.4, 0.5) is 0 Å². The zero-order valence-corrected chi connectivity index (χ0v) is 17.7. The summed E-state index contributed by atoms with van der Waals surface area (Å²) in [6.45, 7) is 9.58. The average Bonchev–Trinajstić information content (AvgIpc) is 2.66. The number of carbonyl (C=O) groups excluding carboxylic acids is 2. The largest absolute Gasteiger partial charge is 0.507 e. The number of phenols is 2. The van der Waals surface area contributed by atoms with E-state index in [4.69, 9.17) is 11.6 Å². The van der Waals surface area contributed by atoms with Crippen molar-refractivity contribution in [3.8, 4) is 11.5 Å². The maximum atomic E-state index is 12.1. The van der Waals surface area contributed by atoms with Crippen molar-refractivity contribution >= 4 is 23.7 Å². The van der Waals surface area contributed by atoms with Crippen molar-refractivity contribution in [3.63, 3.8) is 0 Å². The number of carbonyl (C=O) groups is 2. The van der Waals surface area contributed by atoms with Gasteiger partial charge < -0.3 is 10.2 Å². The lowest BCUT2D eigenvalue weighted by atomic mass is 9.64. The van der Waals surface area contributed by atoms with Gasteiger partial charge in [-0.25, -0.2) is 0 Å². The first-order valence-electron chi connectivity index (χ1n) is 9.30. The van der Waals surface area contributed by atoms with Crippen LogP contribution in [0.3, 0.4) is 0 Å². The fraction of sp³-hybridized carbons (Fsp3) is 0.391. The summed E-state index contributed by atoms with van der Waals surface area (Å²) >= 11 is 6.09. The molecule has 0 spiro atoms. The quantitative estimate of drug-likeness (QED) is 0.515. The molecular weight excluding hydrogens is 376 g/mol. The van der Waals surface area contributed by atoms with Gasteiger partial charge in [-0.3, -0.25) is 9.59 Å². The summed E-state index contributed by atoms with van der Waals surface area (Å²) < 4.78 is 0. The van der Waals surface area contributed by atoms with E-state index in [1.807, 2.05) is 38.2 Å². The summed E-state index contributed by atoms with van der Waals surface area (Å²) in [6.07, 6.45) is 10.2. The predicted molar refractivity (Wildman–Crippen MR) is 112 cm³/mol. The van der Waals surface area contributed by atoms with E-state index in [1.165, 1.54) is 0 Å². The Bertz CT molecular complexity index is 895. The van der Waals surface area contributed by atoms with Gasteiger partial charge in [0.1, 0.15) is 11.5 Å². The van der Waals surface area contributed by atoms with E-state index in [1.54, 1.807) is 13.0 Å². The van der Waals surface area contributed by atoms with Gasteiger partial charge in [-0.05, 0) is 37.8 Å². The Kier molecular flexibility index (Phi) is 6.56. The highest BCUT2D eigenvalue weighted by Gasteiger charge is 2.39. The normalized spacial score (nSPS) is 25.5. The Hall–Kier alpha value is -2.33. The molecule has 1 aromatic rings. The SMILES string of the molecule is CC(/C=C/C1(C)C(C)C=CC(=O)C1C)=C\Cc1c(O)c(Cl)c(C)c(C=O)c1O. The summed E-state index contributed by atoms with van der Waals surface area (Å²) in [6, 6.07) is 0. The van der Waals surface area contributed by atoms with E-state index in [0.717, 1.165) is 5.57 Å². The molecule has 0 amide bonds. The zero-order valence-electron chi connectivity index (χ0n) is 16.9. The van der Waals surface area contributed by atoms with Gasteiger partial charge in [0, 0.05) is 16.9 Å². The van der Waals surface area contributed by atoms with Gasteiger partial charge in [0.2, 0.25) is 0 Å². The molecule has 4 nitrogen and oxygen atoms in total. The van der Waals surface area contributed by atoms with Gasteiger partial charge >= 0.3 is 0 Å². The molecule has 0 fully saturated rings. The lowest BCUT2D eigenvalue weighted by molar-refractivity contribution is -0.121. The molecule has 0 aliphatic heterocycles. The molecule has 0 radical (unpaired) electrons. The summed E-state index contributed by atoms with van der Waals surface area (Å²) in [4.78, 5) is 23.3. The molecule has 0 saturated heterocycles. The first-order valence-corrected chi connectivity index (χ1v) is 9.68. The zero-order chi connectivity index (χ0) is 21.2. The Labute approximate surface area is 171 Å². The number of hydrogen-bond acceptors (Lipinski definition) is 4. The van der Waals surface area contributed by atoms with Gasteiger partial charge in [0.15, 0.2) is 12.1 Å². The molecular formula is C23H27ClO4. The van der Waals surface area contributed by atoms with E-state index in [9.17, 15) is 19.8 Å². The van der Waals surface area contributed by atoms with Crippen molar-refractivity contribution in [2.24, 2.45) is 17.3 Å². The van der Waals surface area contributed by atoms with Crippen molar-refractivity contribution < 1.29 is 19.8 Å². The smallest absolute Gasteiger partial charge is 0.159 e. The number of allylic oxidation sites excluding steroid dienone is 6. The van der Waals surface area contributed by atoms with Crippen LogP contribution in [-0.2, 0) is 11.2 Å². The van der Waals surface area contributed by atoms with Gasteiger partial charge in [-0.2, -0.15) is 0 Å². The number of ketones is 1. The Morgan fingerprint density at radius 3 is 2.54 bits per heavy atom. The topological polar surface area (TPSA) is 74.6 Å². The molecule has 1 aromatic carbocycles. The van der Waals surface area contributed by atoms with Gasteiger partial charge in [0.05, 0.1) is 10.6 Å². The third-order valence-electron chi connectivity index (χ3n) is 6.11. The van der Waals surface area contributed by atoms with E-state index < -0.39 is 0 Å². The number of aromatic hydroxyl groups is 2. The molecule has 0 saturated carbocycles. The minimum Gasteiger partial charge on any atom is -0.507 e. The molecule has 3 unspecified atom stereocenters. The first-order chi connectivity index (χ1) is 13.0. The lowest BCUT2D eigenvalue weighted by Gasteiger charge is -2.38. The van der Waals surface area contributed by atoms with Crippen LogP contribution in [0.5, 0.6) is 11.5 Å². The van der Waals surface area contributed by atoms with Crippen molar-refractivity contribution in [1.29, 1.82) is 0 Å². The second kappa shape index (κ2) is 8.36. The number of hydrogen-bond donors (Lipinski definition) is 2. The lowest BCUT2D eigenvalue weighted by Crippen LogP contribution is -2.37. The highest BCUT2D eigenvalue weighted by atomic mass is 35.5. The summed E-state index contributed by atoms with van der Waals surface area (Å²) in [5.74, 6) is -0.233. The first kappa shape index (κ1) is 22.0. The summed E-state index contributed by atoms with van der Waals surface area (Å²) in [5.41, 5.74) is 1.27. The molecule has 150 valence electrons. The third-order valence-corrected chi connectivity index (χ3v) is 6.57. The maximum Gasteiger partial charge on any atom is 0.159 e. The number of benzene rings is 1. The van der Waals surface area contributed by atoms with E-state index in [0.29, 0.717) is 11.8 Å². The van der Waals surface area contributed by atoms with Crippen LogP contribution in [0, 0.1) is 24.2 Å². The van der Waals surface area contributed by atoms with Crippen LogP contribution in [0.1, 0.15) is 49.2 Å². The standard InChI is InChI=1S/C23H27ClO4/c1-13(10-11-23(5)14(2)7-9-19(26)16(23)4)6-8-17-21(27)18(12-25)15(3)20(24)22(17)28/h6-7,9-12,14,16,27-28H,8H2,1-5H3/b11-10+,13-6+. The van der Waals surface area contributed by atoms with Crippen LogP contribution >= 0.6 is 11.6 Å². The molecule has 0 aromatic heterocycles. The second-order valence-electron chi connectivity index (χ2n) is 7.77. The molecule has 0 heterocycles. The summed E-state index contributed by atoms with van der Waals surface area (Å²) in [5, 5.41) is 20.7. The predicted octanol–water partition coefficient (Wildman–Crippen LogP) is 5.33. The van der Waals surface area contributed by atoms with Gasteiger partial charge in [0.25, 0.3) is 0 Å². The Balaban J connectivity index is 2.30. The number of rotatable bonds is 5. The minimum absolute atomic E-state index is 0.0687. The Morgan fingerprint density at radius 2 is 1.93 bits per heavy atom. The van der Waals surface area contributed by atoms with Crippen LogP contribution < -0.4 is 0 Å². The molecule has 1 aliphatic rings. The second-order valence-corrected chi connectivity index (χ2v) is 8.15. The van der Waals surface area contributed by atoms with Crippen molar-refractivity contribution in [3.05, 3.63) is 57.7 Å². The molecule has 28 heavy (non-hydrogen) atoms. The highest BCUT2D eigenvalue weighted by molar-refractivity contribution is 6.33. The van der Waals surface area contributed by atoms with Crippen molar-refractivity contribution in [2.75, 3.05) is 0 Å². The highest BCUT2D eigenvalue weighted by Crippen LogP contribution is 2.42. The maximum absolute atomic E-state index is 12.1. The third kappa shape index (κ3) is 3.93. The Morgan fingerprint density at radius 1 is 1.29 bits per heavy atom. The minimum atomic E-state index is -0.289. The fourth-order valence-corrected chi connectivity index (χ4v) is 3.66. The van der Waals surface area contributed by atoms with E-state index in [2.05, 4.69) is 13.8 Å². The van der Waals surface area contributed by atoms with Gasteiger partial charge in [-0.1, -0.05) is 62.2 Å². The molecule has 5 heteroatoms. The van der Waals surface area contributed by atoms with Gasteiger partial charge in [-0.15, -0.1) is 0 Å². The number of halogens is 1.